The quantitative estimate of drug-likeness (QED) is 0.595. The van der Waals surface area contributed by atoms with Crippen molar-refractivity contribution >= 4 is 28.2 Å². The number of aromatic carboxylic acids is 1. The summed E-state index contributed by atoms with van der Waals surface area (Å²) in [6, 6.07) is 15.9. The highest BCUT2D eigenvalue weighted by Crippen LogP contribution is 2.26. The van der Waals surface area contributed by atoms with Gasteiger partial charge in [-0.2, -0.15) is 0 Å². The van der Waals surface area contributed by atoms with Crippen LogP contribution in [0, 0.1) is 6.92 Å². The van der Waals surface area contributed by atoms with E-state index in [1.807, 2.05) is 35.7 Å². The number of carbonyl (C=O) groups is 1. The Labute approximate surface area is 152 Å². The highest BCUT2D eigenvalue weighted by atomic mass is 32.1. The van der Waals surface area contributed by atoms with Crippen LogP contribution in [0.25, 0.3) is 27.0 Å². The molecule has 1 N–H and O–H groups in total. The van der Waals surface area contributed by atoms with Crippen molar-refractivity contribution in [2.24, 2.45) is 0 Å². The maximum Gasteiger partial charge on any atom is 0.335 e. The second kappa shape index (κ2) is 6.24. The third-order valence-corrected chi connectivity index (χ3v) is 5.13. The number of aryl methyl sites for hydroxylation is 1. The van der Waals surface area contributed by atoms with E-state index in [1.54, 1.807) is 30.4 Å². The Bertz CT molecular complexity index is 1180. The molecule has 0 saturated carbocycles. The molecule has 2 aromatic carbocycles. The Morgan fingerprint density at radius 3 is 2.54 bits per heavy atom. The zero-order valence-electron chi connectivity index (χ0n) is 13.8. The Morgan fingerprint density at radius 2 is 1.88 bits per heavy atom. The first kappa shape index (κ1) is 16.2. The molecule has 26 heavy (non-hydrogen) atoms. The van der Waals surface area contributed by atoms with Crippen LogP contribution in [0.3, 0.4) is 0 Å². The molecule has 0 unspecified atom stereocenters. The summed E-state index contributed by atoms with van der Waals surface area (Å²) in [6.07, 6.45) is 0. The summed E-state index contributed by atoms with van der Waals surface area (Å²) in [5.74, 6) is -0.452. The van der Waals surface area contributed by atoms with Crippen molar-refractivity contribution in [3.8, 4) is 16.1 Å². The van der Waals surface area contributed by atoms with Gasteiger partial charge >= 0.3 is 5.97 Å². The molecular weight excluding hydrogens is 348 g/mol. The molecule has 0 spiro atoms. The van der Waals surface area contributed by atoms with Gasteiger partial charge in [-0.1, -0.05) is 12.1 Å². The van der Waals surface area contributed by atoms with Crippen molar-refractivity contribution in [1.29, 1.82) is 0 Å². The van der Waals surface area contributed by atoms with Gasteiger partial charge in [0.05, 0.1) is 22.2 Å². The predicted octanol–water partition coefficient (Wildman–Crippen LogP) is 4.12. The molecule has 0 amide bonds. The first-order valence-corrected chi connectivity index (χ1v) is 8.83. The summed E-state index contributed by atoms with van der Waals surface area (Å²) >= 11 is 1.61. The lowest BCUT2D eigenvalue weighted by Crippen LogP contribution is -2.22. The molecule has 0 aliphatic carbocycles. The predicted molar refractivity (Wildman–Crippen MR) is 102 cm³/mol. The molecule has 0 saturated heterocycles. The van der Waals surface area contributed by atoms with Gasteiger partial charge in [0.2, 0.25) is 0 Å². The van der Waals surface area contributed by atoms with Gasteiger partial charge in [-0.25, -0.2) is 9.78 Å². The summed E-state index contributed by atoms with van der Waals surface area (Å²) < 4.78 is 1.51. The Hall–Kier alpha value is -3.25. The van der Waals surface area contributed by atoms with E-state index in [0.717, 1.165) is 10.4 Å². The fourth-order valence-corrected chi connectivity index (χ4v) is 3.67. The lowest BCUT2D eigenvalue weighted by atomic mass is 10.1. The molecular formula is C20H14N2O3S. The van der Waals surface area contributed by atoms with Gasteiger partial charge in [-0.05, 0) is 60.3 Å². The van der Waals surface area contributed by atoms with Gasteiger partial charge in [0.1, 0.15) is 5.82 Å². The molecule has 6 heteroatoms. The van der Waals surface area contributed by atoms with Crippen molar-refractivity contribution in [2.75, 3.05) is 0 Å². The minimum Gasteiger partial charge on any atom is -0.478 e. The van der Waals surface area contributed by atoms with Crippen molar-refractivity contribution in [2.45, 2.75) is 6.92 Å². The molecule has 4 aromatic rings. The molecule has 0 aliphatic rings. The molecule has 2 heterocycles. The van der Waals surface area contributed by atoms with Crippen LogP contribution in [-0.4, -0.2) is 20.6 Å². The number of carboxylic acids is 1. The minimum atomic E-state index is -1.00. The number of fused-ring (bicyclic) bond motifs is 1. The van der Waals surface area contributed by atoms with Crippen LogP contribution in [0.1, 0.15) is 16.2 Å². The molecule has 2 aromatic heterocycles. The van der Waals surface area contributed by atoms with Crippen molar-refractivity contribution in [1.82, 2.24) is 9.55 Å². The molecule has 5 nitrogen and oxygen atoms in total. The second-order valence-electron chi connectivity index (χ2n) is 5.86. The highest BCUT2D eigenvalue weighted by molar-refractivity contribution is 7.13. The maximum absolute atomic E-state index is 13.1. The number of hydrogen-bond acceptors (Lipinski definition) is 4. The van der Waals surface area contributed by atoms with E-state index in [1.165, 1.54) is 16.7 Å². The maximum atomic E-state index is 13.1. The van der Waals surface area contributed by atoms with Crippen molar-refractivity contribution in [3.05, 3.63) is 81.7 Å². The standard InChI is InChI=1S/C20H14N2O3S/c1-12-21-17-9-6-14(18-3-2-10-26-18)11-16(17)19(23)22(12)15-7-4-13(5-8-15)20(24)25/h2-11H,1H3,(H,24,25). The average Bonchev–Trinajstić information content (AvgIpc) is 3.16. The average molecular weight is 362 g/mol. The van der Waals surface area contributed by atoms with Gasteiger partial charge < -0.3 is 5.11 Å². The summed E-state index contributed by atoms with van der Waals surface area (Å²) in [7, 11) is 0. The number of rotatable bonds is 3. The lowest BCUT2D eigenvalue weighted by molar-refractivity contribution is 0.0697. The molecule has 0 radical (unpaired) electrons. The molecule has 0 fully saturated rings. The van der Waals surface area contributed by atoms with E-state index >= 15 is 0 Å². The fourth-order valence-electron chi connectivity index (χ4n) is 2.95. The first-order valence-electron chi connectivity index (χ1n) is 7.95. The van der Waals surface area contributed by atoms with Crippen LogP contribution in [-0.2, 0) is 0 Å². The largest absolute Gasteiger partial charge is 0.478 e. The van der Waals surface area contributed by atoms with Crippen molar-refractivity contribution < 1.29 is 9.90 Å². The Kier molecular flexibility index (Phi) is 3.89. The van der Waals surface area contributed by atoms with Crippen LogP contribution in [0.2, 0.25) is 0 Å². The highest BCUT2D eigenvalue weighted by Gasteiger charge is 2.12. The second-order valence-corrected chi connectivity index (χ2v) is 6.81. The SMILES string of the molecule is Cc1nc2ccc(-c3cccs3)cc2c(=O)n1-c1ccc(C(=O)O)cc1. The monoisotopic (exact) mass is 362 g/mol. The fraction of sp³-hybridized carbons (Fsp3) is 0.0500. The molecule has 0 bridgehead atoms. The van der Waals surface area contributed by atoms with Crippen LogP contribution in [0.5, 0.6) is 0 Å². The molecule has 128 valence electrons. The molecule has 4 rings (SSSR count). The third-order valence-electron chi connectivity index (χ3n) is 4.21. The Morgan fingerprint density at radius 1 is 1.12 bits per heavy atom. The van der Waals surface area contributed by atoms with Gasteiger partial charge in [0.15, 0.2) is 0 Å². The van der Waals surface area contributed by atoms with Gasteiger partial charge in [0, 0.05) is 4.88 Å². The summed E-state index contributed by atoms with van der Waals surface area (Å²) in [5.41, 5.74) is 2.21. The molecule has 0 aliphatic heterocycles. The van der Waals surface area contributed by atoms with E-state index in [4.69, 9.17) is 5.11 Å². The first-order chi connectivity index (χ1) is 12.5. The molecule has 0 atom stereocenters. The van der Waals surface area contributed by atoms with Gasteiger partial charge in [-0.15, -0.1) is 11.3 Å². The number of carboxylic acid groups (broad SMARTS) is 1. The number of aromatic nitrogens is 2. The lowest BCUT2D eigenvalue weighted by Gasteiger charge is -2.11. The summed E-state index contributed by atoms with van der Waals surface area (Å²) in [4.78, 5) is 29.8. The van der Waals surface area contributed by atoms with Crippen LogP contribution in [0.4, 0.5) is 0 Å². The number of benzene rings is 2. The number of thiophene rings is 1. The van der Waals surface area contributed by atoms with Gasteiger partial charge in [-0.3, -0.25) is 9.36 Å². The normalized spacial score (nSPS) is 11.0. The van der Waals surface area contributed by atoms with Crippen LogP contribution in [0.15, 0.2) is 64.8 Å². The smallest absolute Gasteiger partial charge is 0.335 e. The number of nitrogens with zero attached hydrogens (tertiary/aromatic N) is 2. The van der Waals surface area contributed by atoms with Crippen LogP contribution < -0.4 is 5.56 Å². The zero-order chi connectivity index (χ0) is 18.3. The van der Waals surface area contributed by atoms with E-state index in [2.05, 4.69) is 4.98 Å². The summed E-state index contributed by atoms with van der Waals surface area (Å²) in [6.45, 7) is 1.76. The van der Waals surface area contributed by atoms with Crippen LogP contribution >= 0.6 is 11.3 Å². The topological polar surface area (TPSA) is 72.2 Å². The Balaban J connectivity index is 1.92. The number of hydrogen-bond donors (Lipinski definition) is 1. The van der Waals surface area contributed by atoms with E-state index in [-0.39, 0.29) is 11.1 Å². The van der Waals surface area contributed by atoms with E-state index in [9.17, 15) is 9.59 Å². The van der Waals surface area contributed by atoms with Gasteiger partial charge in [0.25, 0.3) is 5.56 Å². The third kappa shape index (κ3) is 2.70. The van der Waals surface area contributed by atoms with E-state index in [0.29, 0.717) is 22.4 Å². The summed E-state index contributed by atoms with van der Waals surface area (Å²) in [5, 5.41) is 11.6. The van der Waals surface area contributed by atoms with Crippen molar-refractivity contribution in [3.63, 3.8) is 0 Å². The zero-order valence-corrected chi connectivity index (χ0v) is 14.7. The van der Waals surface area contributed by atoms with E-state index < -0.39 is 5.97 Å². The minimum absolute atomic E-state index is 0.172.